The van der Waals surface area contributed by atoms with Crippen LogP contribution in [0.15, 0.2) is 12.1 Å². The van der Waals surface area contributed by atoms with Gasteiger partial charge >= 0.3 is 0 Å². The third-order valence-electron chi connectivity index (χ3n) is 2.43. The molecule has 0 aliphatic rings. The van der Waals surface area contributed by atoms with Crippen molar-refractivity contribution in [3.8, 4) is 5.75 Å². The fraction of sp³-hybridized carbons (Fsp3) is 0.500. The molecule has 0 amide bonds. The van der Waals surface area contributed by atoms with Crippen LogP contribution >= 0.6 is 0 Å². The maximum absolute atomic E-state index is 13.0. The summed E-state index contributed by atoms with van der Waals surface area (Å²) in [4.78, 5) is 0. The highest BCUT2D eigenvalue weighted by Gasteiger charge is 2.14. The Kier molecular flexibility index (Phi) is 3.66. The molecule has 1 unspecified atom stereocenters. The van der Waals surface area contributed by atoms with Gasteiger partial charge in [-0.15, -0.1) is 0 Å². The van der Waals surface area contributed by atoms with Crippen LogP contribution in [0.2, 0.25) is 0 Å². The molecule has 0 aliphatic carbocycles. The summed E-state index contributed by atoms with van der Waals surface area (Å²) in [5.41, 5.74) is 0.594. The lowest BCUT2D eigenvalue weighted by Gasteiger charge is -2.14. The summed E-state index contributed by atoms with van der Waals surface area (Å²) in [6.07, 6.45) is 0.865. The van der Waals surface area contributed by atoms with Gasteiger partial charge in [-0.25, -0.2) is 8.78 Å². The van der Waals surface area contributed by atoms with E-state index in [1.54, 1.807) is 0 Å². The fourth-order valence-corrected chi connectivity index (χ4v) is 1.71. The molecule has 0 heterocycles. The van der Waals surface area contributed by atoms with Crippen LogP contribution < -0.4 is 0 Å². The van der Waals surface area contributed by atoms with Crippen molar-refractivity contribution in [1.29, 1.82) is 0 Å². The van der Waals surface area contributed by atoms with Crippen molar-refractivity contribution >= 4 is 0 Å². The first-order valence-corrected chi connectivity index (χ1v) is 5.09. The Bertz CT molecular complexity index is 324. The monoisotopic (exact) mass is 214 g/mol. The zero-order valence-corrected chi connectivity index (χ0v) is 9.22. The Labute approximate surface area is 88.7 Å². The summed E-state index contributed by atoms with van der Waals surface area (Å²) in [7, 11) is 0. The standard InChI is InChI=1S/C12H16F2O/c1-7(2)4-8(3)9-5-10(13)12(15)11(14)6-9/h5-8,15H,4H2,1-3H3. The van der Waals surface area contributed by atoms with Crippen LogP contribution in [0.1, 0.15) is 38.7 Å². The summed E-state index contributed by atoms with van der Waals surface area (Å²) in [5.74, 6) is -2.11. The fourth-order valence-electron chi connectivity index (χ4n) is 1.71. The molecule has 0 saturated heterocycles. The van der Waals surface area contributed by atoms with E-state index in [1.807, 2.05) is 6.92 Å². The minimum absolute atomic E-state index is 0.0922. The van der Waals surface area contributed by atoms with Gasteiger partial charge in [-0.1, -0.05) is 20.8 Å². The average molecular weight is 214 g/mol. The van der Waals surface area contributed by atoms with Gasteiger partial charge in [-0.05, 0) is 36.0 Å². The average Bonchev–Trinajstić information content (AvgIpc) is 2.12. The zero-order chi connectivity index (χ0) is 11.6. The second-order valence-electron chi connectivity index (χ2n) is 4.36. The van der Waals surface area contributed by atoms with Crippen LogP contribution in [0.25, 0.3) is 0 Å². The highest BCUT2D eigenvalue weighted by Crippen LogP contribution is 2.28. The molecule has 0 aliphatic heterocycles. The largest absolute Gasteiger partial charge is 0.503 e. The van der Waals surface area contributed by atoms with Crippen molar-refractivity contribution < 1.29 is 13.9 Å². The molecule has 84 valence electrons. The number of rotatable bonds is 3. The van der Waals surface area contributed by atoms with Crippen LogP contribution in [0.3, 0.4) is 0 Å². The zero-order valence-electron chi connectivity index (χ0n) is 9.22. The lowest BCUT2D eigenvalue weighted by Crippen LogP contribution is -2.00. The Hall–Kier alpha value is -1.12. The van der Waals surface area contributed by atoms with E-state index in [4.69, 9.17) is 5.11 Å². The van der Waals surface area contributed by atoms with Gasteiger partial charge in [0.1, 0.15) is 0 Å². The minimum Gasteiger partial charge on any atom is -0.503 e. The number of benzene rings is 1. The first-order valence-electron chi connectivity index (χ1n) is 5.09. The summed E-state index contributed by atoms with van der Waals surface area (Å²) in [6, 6.07) is 2.40. The van der Waals surface area contributed by atoms with E-state index < -0.39 is 17.4 Å². The number of phenolic OH excluding ortho intramolecular Hbond substituents is 1. The molecule has 0 spiro atoms. The van der Waals surface area contributed by atoms with Gasteiger partial charge in [-0.3, -0.25) is 0 Å². The molecule has 1 aromatic rings. The van der Waals surface area contributed by atoms with Crippen molar-refractivity contribution in [2.24, 2.45) is 5.92 Å². The van der Waals surface area contributed by atoms with E-state index in [0.29, 0.717) is 11.5 Å². The lowest BCUT2D eigenvalue weighted by molar-refractivity contribution is 0.393. The summed E-state index contributed by atoms with van der Waals surface area (Å²) in [5, 5.41) is 8.94. The van der Waals surface area contributed by atoms with Crippen molar-refractivity contribution in [3.05, 3.63) is 29.3 Å². The number of phenols is 1. The first-order chi connectivity index (χ1) is 6.91. The molecule has 15 heavy (non-hydrogen) atoms. The second kappa shape index (κ2) is 4.60. The maximum Gasteiger partial charge on any atom is 0.187 e. The van der Waals surface area contributed by atoms with Crippen LogP contribution in [0.4, 0.5) is 8.78 Å². The summed E-state index contributed by atoms with van der Waals surface area (Å²) >= 11 is 0. The van der Waals surface area contributed by atoms with Crippen LogP contribution in [-0.2, 0) is 0 Å². The Morgan fingerprint density at radius 2 is 1.60 bits per heavy atom. The van der Waals surface area contributed by atoms with E-state index in [2.05, 4.69) is 13.8 Å². The maximum atomic E-state index is 13.0. The van der Waals surface area contributed by atoms with Gasteiger partial charge in [0.05, 0.1) is 0 Å². The van der Waals surface area contributed by atoms with Gasteiger partial charge in [0.15, 0.2) is 17.4 Å². The van der Waals surface area contributed by atoms with Gasteiger partial charge in [0, 0.05) is 0 Å². The molecular formula is C12H16F2O. The van der Waals surface area contributed by atoms with E-state index in [1.165, 1.54) is 12.1 Å². The van der Waals surface area contributed by atoms with E-state index in [0.717, 1.165) is 6.42 Å². The van der Waals surface area contributed by atoms with Gasteiger partial charge in [-0.2, -0.15) is 0 Å². The third kappa shape index (κ3) is 2.91. The van der Waals surface area contributed by atoms with E-state index in [-0.39, 0.29) is 5.92 Å². The number of hydrogen-bond donors (Lipinski definition) is 1. The van der Waals surface area contributed by atoms with Crippen LogP contribution in [0.5, 0.6) is 5.75 Å². The molecule has 0 bridgehead atoms. The second-order valence-corrected chi connectivity index (χ2v) is 4.36. The van der Waals surface area contributed by atoms with Crippen molar-refractivity contribution in [2.75, 3.05) is 0 Å². The quantitative estimate of drug-likeness (QED) is 0.810. The molecule has 0 aromatic heterocycles. The van der Waals surface area contributed by atoms with Gasteiger partial charge < -0.3 is 5.11 Å². The molecular weight excluding hydrogens is 198 g/mol. The predicted molar refractivity (Wildman–Crippen MR) is 55.9 cm³/mol. The summed E-state index contributed by atoms with van der Waals surface area (Å²) in [6.45, 7) is 6.04. The third-order valence-corrected chi connectivity index (χ3v) is 2.43. The molecule has 1 nitrogen and oxygen atoms in total. The van der Waals surface area contributed by atoms with E-state index in [9.17, 15) is 8.78 Å². The molecule has 1 N–H and O–H groups in total. The van der Waals surface area contributed by atoms with Crippen molar-refractivity contribution in [3.63, 3.8) is 0 Å². The lowest BCUT2D eigenvalue weighted by atomic mass is 9.92. The number of hydrogen-bond acceptors (Lipinski definition) is 1. The highest BCUT2D eigenvalue weighted by atomic mass is 19.1. The molecule has 1 atom stereocenters. The Morgan fingerprint density at radius 1 is 1.13 bits per heavy atom. The molecule has 1 rings (SSSR count). The predicted octanol–water partition coefficient (Wildman–Crippen LogP) is 3.82. The SMILES string of the molecule is CC(C)CC(C)c1cc(F)c(O)c(F)c1. The smallest absolute Gasteiger partial charge is 0.187 e. The first kappa shape index (κ1) is 12.0. The topological polar surface area (TPSA) is 20.2 Å². The van der Waals surface area contributed by atoms with Gasteiger partial charge in [0.25, 0.3) is 0 Å². The highest BCUT2D eigenvalue weighted by molar-refractivity contribution is 5.31. The van der Waals surface area contributed by atoms with Crippen molar-refractivity contribution in [2.45, 2.75) is 33.1 Å². The normalized spacial score (nSPS) is 13.2. The van der Waals surface area contributed by atoms with Crippen molar-refractivity contribution in [1.82, 2.24) is 0 Å². The molecule has 0 fully saturated rings. The van der Waals surface area contributed by atoms with Crippen LogP contribution in [-0.4, -0.2) is 5.11 Å². The van der Waals surface area contributed by atoms with E-state index >= 15 is 0 Å². The number of aromatic hydroxyl groups is 1. The molecule has 3 heteroatoms. The Morgan fingerprint density at radius 3 is 2.00 bits per heavy atom. The molecule has 1 aromatic carbocycles. The molecule has 0 saturated carbocycles. The molecule has 0 radical (unpaired) electrons. The Balaban J connectivity index is 2.95. The number of halogens is 2. The van der Waals surface area contributed by atoms with Gasteiger partial charge in [0.2, 0.25) is 0 Å². The van der Waals surface area contributed by atoms with Crippen LogP contribution in [0, 0.1) is 17.6 Å². The summed E-state index contributed by atoms with van der Waals surface area (Å²) < 4.78 is 26.1. The minimum atomic E-state index is -0.893.